The molecule has 0 fully saturated rings. The van der Waals surface area contributed by atoms with Gasteiger partial charge in [0.25, 0.3) is 5.91 Å². The van der Waals surface area contributed by atoms with Gasteiger partial charge in [0.15, 0.2) is 6.61 Å². The molecule has 6 nitrogen and oxygen atoms in total. The number of carbonyl (C=O) groups excluding carboxylic acids is 3. The van der Waals surface area contributed by atoms with Crippen LogP contribution in [0.3, 0.4) is 0 Å². The zero-order chi connectivity index (χ0) is 23.8. The topological polar surface area (TPSA) is 77.4 Å². The first-order valence-corrected chi connectivity index (χ1v) is 10.8. The van der Waals surface area contributed by atoms with E-state index in [1.165, 1.54) is 0 Å². The summed E-state index contributed by atoms with van der Waals surface area (Å²) in [4.78, 5) is 37.9. The molecule has 1 amide bonds. The van der Waals surface area contributed by atoms with Crippen LogP contribution in [0.2, 0.25) is 0 Å². The maximum absolute atomic E-state index is 12.7. The monoisotopic (exact) mass is 444 g/mol. The second-order valence-corrected chi connectivity index (χ2v) is 7.77. The van der Waals surface area contributed by atoms with Gasteiger partial charge in [-0.15, -0.1) is 6.58 Å². The van der Waals surface area contributed by atoms with Crippen LogP contribution in [0.15, 0.2) is 79.4 Å². The molecule has 0 unspecified atom stereocenters. The van der Waals surface area contributed by atoms with Crippen molar-refractivity contribution in [2.75, 3.05) is 6.61 Å². The number of nitrogens with one attached hydrogen (secondary N) is 1. The fourth-order valence-corrected chi connectivity index (χ4v) is 3.71. The van der Waals surface area contributed by atoms with Gasteiger partial charge >= 0.3 is 5.97 Å². The quantitative estimate of drug-likeness (QED) is 0.282. The van der Waals surface area contributed by atoms with Gasteiger partial charge in [0.2, 0.25) is 5.78 Å². The summed E-state index contributed by atoms with van der Waals surface area (Å²) in [6.45, 7) is 7.76. The lowest BCUT2D eigenvalue weighted by Gasteiger charge is -2.18. The van der Waals surface area contributed by atoms with Gasteiger partial charge in [0.05, 0.1) is 12.5 Å². The summed E-state index contributed by atoms with van der Waals surface area (Å²) < 4.78 is 7.27. The van der Waals surface area contributed by atoms with Crippen molar-refractivity contribution in [3.63, 3.8) is 0 Å². The van der Waals surface area contributed by atoms with Crippen LogP contribution in [0, 0.1) is 13.8 Å². The van der Waals surface area contributed by atoms with E-state index in [-0.39, 0.29) is 24.7 Å². The van der Waals surface area contributed by atoms with E-state index < -0.39 is 12.0 Å². The summed E-state index contributed by atoms with van der Waals surface area (Å²) >= 11 is 0. The molecule has 0 saturated carbocycles. The molecular weight excluding hydrogens is 416 g/mol. The minimum Gasteiger partial charge on any atom is -0.457 e. The Morgan fingerprint density at radius 3 is 2.30 bits per heavy atom. The highest BCUT2D eigenvalue weighted by Crippen LogP contribution is 2.19. The number of esters is 1. The molecule has 0 aliphatic carbocycles. The predicted octanol–water partition coefficient (Wildman–Crippen LogP) is 4.58. The molecule has 1 atom stereocenters. The fourth-order valence-electron chi connectivity index (χ4n) is 3.71. The molecule has 3 aromatic rings. The molecule has 2 aromatic carbocycles. The standard InChI is InChI=1S/C27H28N2O4/c1-4-15-29-19(2)16-23(20(29)3)25(30)18-33-26(31)17-24(21-11-7-5-8-12-21)28-27(32)22-13-9-6-10-14-22/h4-14,16,24H,1,15,17-18H2,2-3H3,(H,28,32)/t24-/m0/s1. The first kappa shape index (κ1) is 23.7. The SMILES string of the molecule is C=CCn1c(C)cc(C(=O)COC(=O)C[C@H](NC(=O)c2ccccc2)c2ccccc2)c1C. The third kappa shape index (κ3) is 6.07. The Balaban J connectivity index is 1.66. The van der Waals surface area contributed by atoms with E-state index in [4.69, 9.17) is 4.74 Å². The van der Waals surface area contributed by atoms with Crippen molar-refractivity contribution >= 4 is 17.7 Å². The van der Waals surface area contributed by atoms with E-state index in [2.05, 4.69) is 11.9 Å². The van der Waals surface area contributed by atoms with Crippen LogP contribution in [0.5, 0.6) is 0 Å². The number of Topliss-reactive ketones (excluding diaryl/α,β-unsaturated/α-hetero) is 1. The van der Waals surface area contributed by atoms with E-state index in [9.17, 15) is 14.4 Å². The summed E-state index contributed by atoms with van der Waals surface area (Å²) in [7, 11) is 0. The number of ketones is 1. The van der Waals surface area contributed by atoms with Crippen LogP contribution < -0.4 is 5.32 Å². The van der Waals surface area contributed by atoms with Crippen molar-refractivity contribution in [2.24, 2.45) is 0 Å². The van der Waals surface area contributed by atoms with E-state index in [1.54, 1.807) is 36.4 Å². The van der Waals surface area contributed by atoms with E-state index in [0.29, 0.717) is 17.7 Å². The number of carbonyl (C=O) groups is 3. The number of rotatable bonds is 10. The Morgan fingerprint density at radius 2 is 1.67 bits per heavy atom. The molecule has 1 heterocycles. The summed E-state index contributed by atoms with van der Waals surface area (Å²) in [6.07, 6.45) is 1.67. The number of amides is 1. The molecule has 0 radical (unpaired) electrons. The maximum Gasteiger partial charge on any atom is 0.308 e. The molecule has 0 bridgehead atoms. The molecule has 170 valence electrons. The van der Waals surface area contributed by atoms with Crippen molar-refractivity contribution in [1.82, 2.24) is 9.88 Å². The van der Waals surface area contributed by atoms with Crippen LogP contribution >= 0.6 is 0 Å². The predicted molar refractivity (Wildman–Crippen MR) is 127 cm³/mol. The van der Waals surface area contributed by atoms with E-state index >= 15 is 0 Å². The highest BCUT2D eigenvalue weighted by Gasteiger charge is 2.22. The van der Waals surface area contributed by atoms with Gasteiger partial charge in [0, 0.05) is 29.1 Å². The number of aromatic nitrogens is 1. The molecule has 0 spiro atoms. The van der Waals surface area contributed by atoms with Gasteiger partial charge in [-0.3, -0.25) is 14.4 Å². The van der Waals surface area contributed by atoms with Gasteiger partial charge < -0.3 is 14.6 Å². The van der Waals surface area contributed by atoms with Crippen LogP contribution in [0.1, 0.15) is 50.1 Å². The van der Waals surface area contributed by atoms with E-state index in [0.717, 1.165) is 17.0 Å². The summed E-state index contributed by atoms with van der Waals surface area (Å²) in [5.74, 6) is -1.12. The number of hydrogen-bond acceptors (Lipinski definition) is 4. The summed E-state index contributed by atoms with van der Waals surface area (Å²) in [5.41, 5.74) is 3.55. The lowest BCUT2D eigenvalue weighted by molar-refractivity contribution is -0.143. The first-order valence-electron chi connectivity index (χ1n) is 10.8. The van der Waals surface area contributed by atoms with Crippen molar-refractivity contribution in [2.45, 2.75) is 32.9 Å². The average Bonchev–Trinajstić information content (AvgIpc) is 3.12. The molecule has 0 aliphatic rings. The number of allylic oxidation sites excluding steroid dienone is 1. The molecule has 3 rings (SSSR count). The smallest absolute Gasteiger partial charge is 0.308 e. The lowest BCUT2D eigenvalue weighted by Crippen LogP contribution is -2.31. The number of aryl methyl sites for hydroxylation is 1. The average molecular weight is 445 g/mol. The fraction of sp³-hybridized carbons (Fsp3) is 0.222. The third-order valence-corrected chi connectivity index (χ3v) is 5.46. The van der Waals surface area contributed by atoms with Gasteiger partial charge in [-0.1, -0.05) is 54.6 Å². The highest BCUT2D eigenvalue weighted by molar-refractivity contribution is 5.99. The number of ether oxygens (including phenoxy) is 1. The summed E-state index contributed by atoms with van der Waals surface area (Å²) in [6, 6.07) is 19.2. The van der Waals surface area contributed by atoms with Gasteiger partial charge in [-0.05, 0) is 37.6 Å². The van der Waals surface area contributed by atoms with Crippen molar-refractivity contribution in [3.8, 4) is 0 Å². The molecule has 0 aliphatic heterocycles. The molecule has 6 heteroatoms. The van der Waals surface area contributed by atoms with Gasteiger partial charge in [-0.25, -0.2) is 0 Å². The minimum absolute atomic E-state index is 0.0919. The van der Waals surface area contributed by atoms with Crippen LogP contribution in [-0.2, 0) is 16.1 Å². The largest absolute Gasteiger partial charge is 0.457 e. The third-order valence-electron chi connectivity index (χ3n) is 5.46. The normalized spacial score (nSPS) is 11.5. The summed E-state index contributed by atoms with van der Waals surface area (Å²) in [5, 5.41) is 2.90. The highest BCUT2D eigenvalue weighted by atomic mass is 16.5. The van der Waals surface area contributed by atoms with Crippen LogP contribution in [0.4, 0.5) is 0 Å². The Labute approximate surface area is 193 Å². The van der Waals surface area contributed by atoms with Crippen LogP contribution in [-0.4, -0.2) is 28.8 Å². The number of benzene rings is 2. The first-order chi connectivity index (χ1) is 15.9. The van der Waals surface area contributed by atoms with Gasteiger partial charge in [0.1, 0.15) is 0 Å². The zero-order valence-electron chi connectivity index (χ0n) is 18.9. The van der Waals surface area contributed by atoms with Crippen LogP contribution in [0.25, 0.3) is 0 Å². The Kier molecular flexibility index (Phi) is 7.97. The minimum atomic E-state index is -0.584. The molecular formula is C27H28N2O4. The number of nitrogens with zero attached hydrogens (tertiary/aromatic N) is 1. The lowest BCUT2D eigenvalue weighted by atomic mass is 10.0. The number of hydrogen-bond donors (Lipinski definition) is 1. The Morgan fingerprint density at radius 1 is 1.03 bits per heavy atom. The molecule has 33 heavy (non-hydrogen) atoms. The zero-order valence-corrected chi connectivity index (χ0v) is 18.9. The Hall–Kier alpha value is -3.93. The molecule has 1 aromatic heterocycles. The van der Waals surface area contributed by atoms with Crippen molar-refractivity contribution < 1.29 is 19.1 Å². The van der Waals surface area contributed by atoms with Crippen molar-refractivity contribution in [1.29, 1.82) is 0 Å². The maximum atomic E-state index is 12.7. The van der Waals surface area contributed by atoms with Gasteiger partial charge in [-0.2, -0.15) is 0 Å². The van der Waals surface area contributed by atoms with Crippen molar-refractivity contribution in [3.05, 3.63) is 107 Å². The second kappa shape index (κ2) is 11.1. The Bertz CT molecular complexity index is 1130. The molecule has 0 saturated heterocycles. The molecule has 1 N–H and O–H groups in total. The van der Waals surface area contributed by atoms with E-state index in [1.807, 2.05) is 54.8 Å². The second-order valence-electron chi connectivity index (χ2n) is 7.77.